The van der Waals surface area contributed by atoms with Gasteiger partial charge in [0.15, 0.2) is 9.84 Å². The smallest absolute Gasteiger partial charge is 0.178 e. The first-order valence-electron chi connectivity index (χ1n) is 5.43. The molecule has 1 atom stereocenters. The molecule has 1 aromatic heterocycles. The molecule has 7 heteroatoms. The maximum absolute atomic E-state index is 11.2. The van der Waals surface area contributed by atoms with Gasteiger partial charge in [-0.25, -0.2) is 8.42 Å². The van der Waals surface area contributed by atoms with Gasteiger partial charge in [0, 0.05) is 25.0 Å². The molecule has 0 aromatic carbocycles. The van der Waals surface area contributed by atoms with Crippen LogP contribution in [0.4, 0.5) is 0 Å². The average Bonchev–Trinajstić information content (AvgIpc) is 2.62. The number of aromatic nitrogens is 2. The number of hydrogen-bond acceptors (Lipinski definition) is 5. The summed E-state index contributed by atoms with van der Waals surface area (Å²) in [5.74, 6) is 0. The molecular weight excluding hydrogens is 242 g/mol. The van der Waals surface area contributed by atoms with Crippen molar-refractivity contribution in [1.82, 2.24) is 15.1 Å². The van der Waals surface area contributed by atoms with E-state index in [1.165, 1.54) is 17.1 Å². The number of nitrogens with one attached hydrogen (secondary N) is 1. The molecule has 98 valence electrons. The zero-order chi connectivity index (χ0) is 13.1. The number of aliphatic hydroxyl groups excluding tert-OH is 1. The van der Waals surface area contributed by atoms with E-state index < -0.39 is 15.9 Å². The minimum absolute atomic E-state index is 0.168. The van der Waals surface area contributed by atoms with Crippen molar-refractivity contribution in [3.63, 3.8) is 0 Å². The van der Waals surface area contributed by atoms with Crippen LogP contribution >= 0.6 is 0 Å². The van der Waals surface area contributed by atoms with Crippen LogP contribution in [0, 0.1) is 0 Å². The SMILES string of the molecule is CC(C)NCC(O)Cn1cc(S(C)(=O)=O)cn1. The highest BCUT2D eigenvalue weighted by Gasteiger charge is 2.12. The lowest BCUT2D eigenvalue weighted by Crippen LogP contribution is -2.34. The van der Waals surface area contributed by atoms with E-state index in [4.69, 9.17) is 0 Å². The Balaban J connectivity index is 2.55. The number of rotatable bonds is 6. The Morgan fingerprint density at radius 1 is 1.53 bits per heavy atom. The number of hydrogen-bond donors (Lipinski definition) is 2. The first-order valence-corrected chi connectivity index (χ1v) is 7.32. The number of nitrogens with zero attached hydrogens (tertiary/aromatic N) is 2. The molecule has 0 aliphatic rings. The predicted octanol–water partition coefficient (Wildman–Crippen LogP) is -0.354. The highest BCUT2D eigenvalue weighted by atomic mass is 32.2. The van der Waals surface area contributed by atoms with E-state index in [-0.39, 0.29) is 11.4 Å². The molecule has 0 saturated heterocycles. The van der Waals surface area contributed by atoms with E-state index >= 15 is 0 Å². The van der Waals surface area contributed by atoms with Crippen molar-refractivity contribution < 1.29 is 13.5 Å². The summed E-state index contributed by atoms with van der Waals surface area (Å²) >= 11 is 0. The summed E-state index contributed by atoms with van der Waals surface area (Å²) in [6, 6.07) is 0.300. The van der Waals surface area contributed by atoms with Crippen molar-refractivity contribution in [3.8, 4) is 0 Å². The fourth-order valence-corrected chi connectivity index (χ4v) is 1.84. The van der Waals surface area contributed by atoms with Crippen molar-refractivity contribution in [3.05, 3.63) is 12.4 Å². The Morgan fingerprint density at radius 3 is 2.65 bits per heavy atom. The third-order valence-electron chi connectivity index (χ3n) is 2.20. The Morgan fingerprint density at radius 2 is 2.18 bits per heavy atom. The molecule has 0 amide bonds. The molecule has 0 fully saturated rings. The van der Waals surface area contributed by atoms with E-state index in [0.29, 0.717) is 12.6 Å². The van der Waals surface area contributed by atoms with Crippen molar-refractivity contribution in [2.75, 3.05) is 12.8 Å². The van der Waals surface area contributed by atoms with Crippen LogP contribution < -0.4 is 5.32 Å². The molecule has 1 unspecified atom stereocenters. The molecule has 0 aliphatic heterocycles. The second-order valence-electron chi connectivity index (χ2n) is 4.39. The van der Waals surface area contributed by atoms with Gasteiger partial charge >= 0.3 is 0 Å². The van der Waals surface area contributed by atoms with Crippen LogP contribution in [0.25, 0.3) is 0 Å². The first-order chi connectivity index (χ1) is 7.79. The van der Waals surface area contributed by atoms with Crippen molar-refractivity contribution >= 4 is 9.84 Å². The molecule has 1 heterocycles. The highest BCUT2D eigenvalue weighted by molar-refractivity contribution is 7.90. The van der Waals surface area contributed by atoms with E-state index in [9.17, 15) is 13.5 Å². The summed E-state index contributed by atoms with van der Waals surface area (Å²) in [5, 5.41) is 16.7. The van der Waals surface area contributed by atoms with Gasteiger partial charge in [-0.3, -0.25) is 4.68 Å². The Kier molecular flexibility index (Phi) is 4.67. The van der Waals surface area contributed by atoms with Gasteiger partial charge in [-0.2, -0.15) is 5.10 Å². The van der Waals surface area contributed by atoms with Crippen LogP contribution in [0.5, 0.6) is 0 Å². The summed E-state index contributed by atoms with van der Waals surface area (Å²) in [7, 11) is -3.22. The van der Waals surface area contributed by atoms with Gasteiger partial charge in [0.25, 0.3) is 0 Å². The van der Waals surface area contributed by atoms with E-state index in [0.717, 1.165) is 6.26 Å². The zero-order valence-corrected chi connectivity index (χ0v) is 11.1. The average molecular weight is 261 g/mol. The molecule has 0 spiro atoms. The summed E-state index contributed by atoms with van der Waals surface area (Å²) in [6.07, 6.45) is 3.25. The topological polar surface area (TPSA) is 84.2 Å². The quantitative estimate of drug-likeness (QED) is 0.731. The second-order valence-corrected chi connectivity index (χ2v) is 6.40. The van der Waals surface area contributed by atoms with Gasteiger partial charge in [-0.1, -0.05) is 13.8 Å². The summed E-state index contributed by atoms with van der Waals surface area (Å²) in [6.45, 7) is 4.70. The Hall–Kier alpha value is -0.920. The number of aliphatic hydroxyl groups is 1. The maximum Gasteiger partial charge on any atom is 0.178 e. The minimum atomic E-state index is -3.22. The molecule has 0 bridgehead atoms. The molecule has 1 aromatic rings. The largest absolute Gasteiger partial charge is 0.390 e. The Bertz CT molecular complexity index is 453. The highest BCUT2D eigenvalue weighted by Crippen LogP contribution is 2.06. The third-order valence-corrected chi connectivity index (χ3v) is 3.26. The van der Waals surface area contributed by atoms with E-state index in [1.807, 2.05) is 13.8 Å². The Labute approximate surface area is 102 Å². The van der Waals surface area contributed by atoms with Crippen molar-refractivity contribution in [2.24, 2.45) is 0 Å². The lowest BCUT2D eigenvalue weighted by Gasteiger charge is -2.13. The molecule has 0 saturated carbocycles. The van der Waals surface area contributed by atoms with Crippen LogP contribution in [0.15, 0.2) is 17.3 Å². The van der Waals surface area contributed by atoms with Crippen molar-refractivity contribution in [1.29, 1.82) is 0 Å². The normalized spacial score (nSPS) is 14.2. The molecule has 6 nitrogen and oxygen atoms in total. The minimum Gasteiger partial charge on any atom is -0.390 e. The van der Waals surface area contributed by atoms with Gasteiger partial charge in [0.2, 0.25) is 0 Å². The monoisotopic (exact) mass is 261 g/mol. The van der Waals surface area contributed by atoms with Gasteiger partial charge in [-0.15, -0.1) is 0 Å². The molecule has 1 rings (SSSR count). The molecule has 0 aliphatic carbocycles. The maximum atomic E-state index is 11.2. The lowest BCUT2D eigenvalue weighted by molar-refractivity contribution is 0.144. The van der Waals surface area contributed by atoms with Gasteiger partial charge < -0.3 is 10.4 Å². The zero-order valence-electron chi connectivity index (χ0n) is 10.3. The van der Waals surface area contributed by atoms with Crippen LogP contribution in [0.3, 0.4) is 0 Å². The van der Waals surface area contributed by atoms with Gasteiger partial charge in [0.05, 0.1) is 18.8 Å². The van der Waals surface area contributed by atoms with Crippen LogP contribution in [0.2, 0.25) is 0 Å². The fourth-order valence-electron chi connectivity index (χ4n) is 1.29. The van der Waals surface area contributed by atoms with E-state index in [2.05, 4.69) is 10.4 Å². The van der Waals surface area contributed by atoms with E-state index in [1.54, 1.807) is 0 Å². The standard InChI is InChI=1S/C10H19N3O3S/c1-8(2)11-4-9(14)6-13-7-10(5-12-13)17(3,15)16/h5,7-9,11,14H,4,6H2,1-3H3. The third kappa shape index (κ3) is 4.84. The second kappa shape index (κ2) is 5.61. The van der Waals surface area contributed by atoms with Crippen molar-refractivity contribution in [2.45, 2.75) is 37.4 Å². The molecule has 2 N–H and O–H groups in total. The summed E-state index contributed by atoms with van der Waals surface area (Å²) in [5.41, 5.74) is 0. The lowest BCUT2D eigenvalue weighted by atomic mass is 10.3. The van der Waals surface area contributed by atoms with Gasteiger partial charge in [-0.05, 0) is 0 Å². The fraction of sp³-hybridized carbons (Fsp3) is 0.700. The molecular formula is C10H19N3O3S. The van der Waals surface area contributed by atoms with Crippen LogP contribution in [-0.2, 0) is 16.4 Å². The summed E-state index contributed by atoms with van der Waals surface area (Å²) in [4.78, 5) is 0.168. The first kappa shape index (κ1) is 14.1. The van der Waals surface area contributed by atoms with Crippen LogP contribution in [0.1, 0.15) is 13.8 Å². The summed E-state index contributed by atoms with van der Waals surface area (Å²) < 4.78 is 23.9. The molecule has 17 heavy (non-hydrogen) atoms. The predicted molar refractivity (Wildman–Crippen MR) is 64.5 cm³/mol. The number of sulfone groups is 1. The molecule has 0 radical (unpaired) electrons. The van der Waals surface area contributed by atoms with Gasteiger partial charge in [0.1, 0.15) is 4.90 Å². The van der Waals surface area contributed by atoms with Crippen LogP contribution in [-0.4, -0.2) is 48.3 Å².